The number of aromatic hydroxyl groups is 1. The number of rotatable bonds is 0. The quantitative estimate of drug-likeness (QED) is 0.583. The van der Waals surface area contributed by atoms with Crippen molar-refractivity contribution >= 4 is 0 Å². The summed E-state index contributed by atoms with van der Waals surface area (Å²) in [6.07, 6.45) is 0. The van der Waals surface area contributed by atoms with Gasteiger partial charge in [-0.3, -0.25) is 4.79 Å². The molecule has 2 nitrogen and oxygen atoms in total. The largest absolute Gasteiger partial charge is 0.504 e. The van der Waals surface area contributed by atoms with E-state index in [4.69, 9.17) is 4.11 Å². The highest BCUT2D eigenvalue weighted by Crippen LogP contribution is 2.05. The molecule has 52 valence electrons. The normalized spacial score (nSPS) is 15.0. The first-order chi connectivity index (χ1) is 5.93. The van der Waals surface area contributed by atoms with E-state index in [0.29, 0.717) is 0 Å². The van der Waals surface area contributed by atoms with E-state index in [-0.39, 0.29) is 5.56 Å². The first kappa shape index (κ1) is 3.76. The minimum atomic E-state index is -2.46. The van der Waals surface area contributed by atoms with Gasteiger partial charge in [0.25, 0.3) is 0 Å². The Labute approximate surface area is 63.0 Å². The molecule has 1 N–H and O–H groups in total. The molecule has 1 aromatic rings. The standard InChI is InChI=1S/C8H8O2/c1-6-4-2-3-5-7(9)8(6)10/h2-5H,1H3,(H,9,10)/i1D3. The van der Waals surface area contributed by atoms with Crippen molar-refractivity contribution in [1.29, 1.82) is 0 Å². The van der Waals surface area contributed by atoms with Crippen molar-refractivity contribution in [2.45, 2.75) is 6.85 Å². The third-order valence-corrected chi connectivity index (χ3v) is 1.11. The highest BCUT2D eigenvalue weighted by Gasteiger charge is 1.94. The van der Waals surface area contributed by atoms with E-state index in [9.17, 15) is 9.90 Å². The van der Waals surface area contributed by atoms with Crippen LogP contribution in [0.3, 0.4) is 0 Å². The topological polar surface area (TPSA) is 37.3 Å². The van der Waals surface area contributed by atoms with Crippen LogP contribution in [-0.4, -0.2) is 5.11 Å². The van der Waals surface area contributed by atoms with Gasteiger partial charge in [-0.2, -0.15) is 0 Å². The maximum absolute atomic E-state index is 11.0. The molecule has 0 heterocycles. The summed E-state index contributed by atoms with van der Waals surface area (Å²) in [5.41, 5.74) is -1.00. The molecule has 0 amide bonds. The molecule has 0 bridgehead atoms. The van der Waals surface area contributed by atoms with Crippen molar-refractivity contribution in [2.75, 3.05) is 0 Å². The average Bonchev–Trinajstić information content (AvgIpc) is 2.14. The molecule has 0 fully saturated rings. The Morgan fingerprint density at radius 1 is 1.50 bits per heavy atom. The van der Waals surface area contributed by atoms with Gasteiger partial charge in [0.2, 0.25) is 5.43 Å². The first-order valence-corrected chi connectivity index (χ1v) is 2.76. The Morgan fingerprint density at radius 2 is 2.20 bits per heavy atom. The van der Waals surface area contributed by atoms with Crippen LogP contribution in [0, 0.1) is 6.85 Å². The Hall–Kier alpha value is -1.31. The Kier molecular flexibility index (Phi) is 0.947. The molecule has 1 aromatic carbocycles. The molecular weight excluding hydrogens is 128 g/mol. The summed E-state index contributed by atoms with van der Waals surface area (Å²) < 4.78 is 21.1. The van der Waals surface area contributed by atoms with Crippen molar-refractivity contribution in [3.63, 3.8) is 0 Å². The molecule has 0 radical (unpaired) electrons. The lowest BCUT2D eigenvalue weighted by molar-refractivity contribution is 0.467. The van der Waals surface area contributed by atoms with Gasteiger partial charge >= 0.3 is 0 Å². The first-order valence-electron chi connectivity index (χ1n) is 4.26. The van der Waals surface area contributed by atoms with E-state index < -0.39 is 18.0 Å². The van der Waals surface area contributed by atoms with Crippen molar-refractivity contribution in [3.05, 3.63) is 40.1 Å². The summed E-state index contributed by atoms with van der Waals surface area (Å²) in [5, 5.41) is 9.22. The molecule has 0 saturated heterocycles. The van der Waals surface area contributed by atoms with E-state index >= 15 is 0 Å². The summed E-state index contributed by atoms with van der Waals surface area (Å²) in [4.78, 5) is 11.0. The molecule has 0 spiro atoms. The van der Waals surface area contributed by atoms with E-state index in [0.717, 1.165) is 6.07 Å². The predicted octanol–water partition coefficient (Wildman–Crippen LogP) is 1.06. The monoisotopic (exact) mass is 139 g/mol. The Morgan fingerprint density at radius 3 is 2.90 bits per heavy atom. The average molecular weight is 139 g/mol. The zero-order valence-corrected chi connectivity index (χ0v) is 5.16. The lowest BCUT2D eigenvalue weighted by Crippen LogP contribution is -1.93. The van der Waals surface area contributed by atoms with Gasteiger partial charge < -0.3 is 5.11 Å². The summed E-state index contributed by atoms with van der Waals surface area (Å²) in [6.45, 7) is -2.46. The van der Waals surface area contributed by atoms with E-state index in [1.807, 2.05) is 0 Å². The SMILES string of the molecule is [2H]C([2H])([2H])c1ccccc(=O)c1O. The van der Waals surface area contributed by atoms with Gasteiger partial charge in [-0.1, -0.05) is 18.2 Å². The minimum absolute atomic E-state index is 0.317. The molecule has 2 heteroatoms. The van der Waals surface area contributed by atoms with Gasteiger partial charge in [-0.15, -0.1) is 0 Å². The molecule has 0 aliphatic rings. The van der Waals surface area contributed by atoms with Crippen molar-refractivity contribution in [3.8, 4) is 5.75 Å². The van der Waals surface area contributed by atoms with Crippen LogP contribution < -0.4 is 5.43 Å². The molecule has 1 rings (SSSR count). The lowest BCUT2D eigenvalue weighted by atomic mass is 10.3. The van der Waals surface area contributed by atoms with Crippen LogP contribution in [0.25, 0.3) is 0 Å². The fourth-order valence-electron chi connectivity index (χ4n) is 0.585. The van der Waals surface area contributed by atoms with Crippen LogP contribution in [0.1, 0.15) is 9.68 Å². The maximum Gasteiger partial charge on any atom is 0.220 e. The van der Waals surface area contributed by atoms with Gasteiger partial charge in [-0.05, 0) is 18.5 Å². The van der Waals surface area contributed by atoms with Crippen LogP contribution in [0.2, 0.25) is 0 Å². The summed E-state index contributed by atoms with van der Waals surface area (Å²) in [7, 11) is 0. The second-order valence-corrected chi connectivity index (χ2v) is 1.84. The van der Waals surface area contributed by atoms with Crippen LogP contribution in [0.5, 0.6) is 5.75 Å². The van der Waals surface area contributed by atoms with Crippen molar-refractivity contribution < 1.29 is 9.22 Å². The predicted molar refractivity (Wildman–Crippen MR) is 39.1 cm³/mol. The zero-order valence-electron chi connectivity index (χ0n) is 8.16. The maximum atomic E-state index is 11.0. The fourth-order valence-corrected chi connectivity index (χ4v) is 0.585. The van der Waals surface area contributed by atoms with Gasteiger partial charge in [0.05, 0.1) is 0 Å². The molecule has 0 saturated carbocycles. The smallest absolute Gasteiger partial charge is 0.220 e. The Balaban J connectivity index is 3.50. The molecular formula is C8H8O2. The van der Waals surface area contributed by atoms with Gasteiger partial charge in [-0.25, -0.2) is 0 Å². The summed E-state index contributed by atoms with van der Waals surface area (Å²) in [5.74, 6) is -0.704. The highest BCUT2D eigenvalue weighted by atomic mass is 16.3. The number of aryl methyl sites for hydroxylation is 1. The van der Waals surface area contributed by atoms with E-state index in [2.05, 4.69) is 0 Å². The summed E-state index contributed by atoms with van der Waals surface area (Å²) >= 11 is 0. The third-order valence-electron chi connectivity index (χ3n) is 1.11. The zero-order chi connectivity index (χ0) is 10.1. The molecule has 10 heavy (non-hydrogen) atoms. The second kappa shape index (κ2) is 2.52. The second-order valence-electron chi connectivity index (χ2n) is 1.84. The van der Waals surface area contributed by atoms with Crippen LogP contribution in [0.15, 0.2) is 29.1 Å². The molecule has 0 aromatic heterocycles. The van der Waals surface area contributed by atoms with E-state index in [1.165, 1.54) is 18.2 Å². The molecule has 0 aliphatic heterocycles. The minimum Gasteiger partial charge on any atom is -0.504 e. The summed E-state index contributed by atoms with van der Waals surface area (Å²) in [6, 6.07) is 5.12. The van der Waals surface area contributed by atoms with Crippen molar-refractivity contribution in [1.82, 2.24) is 0 Å². The molecule has 0 unspecified atom stereocenters. The van der Waals surface area contributed by atoms with Crippen molar-refractivity contribution in [2.24, 2.45) is 0 Å². The molecule has 0 atom stereocenters. The highest BCUT2D eigenvalue weighted by molar-refractivity contribution is 5.28. The number of hydrogen-bond acceptors (Lipinski definition) is 2. The van der Waals surface area contributed by atoms with Gasteiger partial charge in [0, 0.05) is 4.11 Å². The van der Waals surface area contributed by atoms with E-state index in [1.54, 1.807) is 0 Å². The molecule has 0 aliphatic carbocycles. The third kappa shape index (κ3) is 1.16. The van der Waals surface area contributed by atoms with Gasteiger partial charge in [0.15, 0.2) is 5.75 Å². The number of hydrogen-bond donors (Lipinski definition) is 1. The Bertz CT molecular complexity index is 371. The van der Waals surface area contributed by atoms with Crippen LogP contribution in [0.4, 0.5) is 0 Å². The fraction of sp³-hybridized carbons (Fsp3) is 0.125. The lowest BCUT2D eigenvalue weighted by Gasteiger charge is -1.85. The van der Waals surface area contributed by atoms with Crippen LogP contribution >= 0.6 is 0 Å². The van der Waals surface area contributed by atoms with Gasteiger partial charge in [0.1, 0.15) is 0 Å². The van der Waals surface area contributed by atoms with Crippen LogP contribution in [-0.2, 0) is 0 Å².